The van der Waals surface area contributed by atoms with Crippen molar-refractivity contribution in [3.63, 3.8) is 0 Å². The van der Waals surface area contributed by atoms with E-state index in [1.165, 1.54) is 10.9 Å². The molecular formula is C20H18N2O2S. The van der Waals surface area contributed by atoms with E-state index in [1.54, 1.807) is 0 Å². The lowest BCUT2D eigenvalue weighted by Crippen LogP contribution is -2.30. The van der Waals surface area contributed by atoms with Crippen molar-refractivity contribution < 1.29 is 9.59 Å². The lowest BCUT2D eigenvalue weighted by molar-refractivity contribution is -0.112. The van der Waals surface area contributed by atoms with Gasteiger partial charge in [0.25, 0.3) is 5.24 Å². The van der Waals surface area contributed by atoms with Crippen molar-refractivity contribution in [3.8, 4) is 0 Å². The van der Waals surface area contributed by atoms with E-state index >= 15 is 0 Å². The first-order chi connectivity index (χ1) is 12.2. The number of hydrogen-bond acceptors (Lipinski definition) is 3. The van der Waals surface area contributed by atoms with Crippen LogP contribution >= 0.6 is 11.8 Å². The predicted molar refractivity (Wildman–Crippen MR) is 101 cm³/mol. The molecule has 4 rings (SSSR count). The minimum absolute atomic E-state index is 0.0930. The molecule has 1 unspecified atom stereocenters. The van der Waals surface area contributed by atoms with E-state index in [2.05, 4.69) is 58.5 Å². The minimum atomic E-state index is -0.414. The summed E-state index contributed by atoms with van der Waals surface area (Å²) >= 11 is 0.768. The van der Waals surface area contributed by atoms with E-state index in [0.717, 1.165) is 35.8 Å². The fourth-order valence-corrected chi connectivity index (χ4v) is 3.88. The van der Waals surface area contributed by atoms with Crippen LogP contribution in [0.1, 0.15) is 11.1 Å². The van der Waals surface area contributed by atoms with Crippen LogP contribution in [0.25, 0.3) is 10.9 Å². The van der Waals surface area contributed by atoms with Crippen LogP contribution in [-0.4, -0.2) is 21.0 Å². The maximum absolute atomic E-state index is 11.8. The van der Waals surface area contributed by atoms with Crippen LogP contribution in [0.3, 0.4) is 0 Å². The van der Waals surface area contributed by atoms with Gasteiger partial charge in [0.2, 0.25) is 5.12 Å². The highest BCUT2D eigenvalue weighted by molar-refractivity contribution is 8.26. The third-order valence-electron chi connectivity index (χ3n) is 4.53. The maximum atomic E-state index is 11.8. The quantitative estimate of drug-likeness (QED) is 0.762. The Kier molecular flexibility index (Phi) is 4.32. The molecule has 1 aromatic heterocycles. The average Bonchev–Trinajstić information content (AvgIpc) is 3.16. The van der Waals surface area contributed by atoms with Gasteiger partial charge in [0.1, 0.15) is 6.04 Å². The number of thioether (sulfide) groups is 1. The van der Waals surface area contributed by atoms with E-state index < -0.39 is 6.04 Å². The van der Waals surface area contributed by atoms with Gasteiger partial charge in [0, 0.05) is 36.4 Å². The number of aryl methyl sites for hydroxylation is 2. The Bertz CT molecular complexity index is 933. The van der Waals surface area contributed by atoms with Gasteiger partial charge >= 0.3 is 0 Å². The second kappa shape index (κ2) is 6.76. The monoisotopic (exact) mass is 350 g/mol. The molecule has 2 heterocycles. The van der Waals surface area contributed by atoms with Crippen molar-refractivity contribution in [2.75, 3.05) is 0 Å². The fourth-order valence-electron chi connectivity index (χ4n) is 3.21. The largest absolute Gasteiger partial charge is 0.347 e. The number of carbonyl (C=O) groups is 2. The first-order valence-corrected chi connectivity index (χ1v) is 9.14. The van der Waals surface area contributed by atoms with Gasteiger partial charge in [-0.15, -0.1) is 0 Å². The highest BCUT2D eigenvalue weighted by Crippen LogP contribution is 2.22. The molecule has 1 aliphatic rings. The van der Waals surface area contributed by atoms with E-state index in [4.69, 9.17) is 0 Å². The molecule has 1 aliphatic heterocycles. The molecule has 4 nitrogen and oxygen atoms in total. The fraction of sp³-hybridized carbons (Fsp3) is 0.200. The SMILES string of the molecule is O=C1NC(Cc2ccc3ccn(CCc4ccccc4)c3c2)C(=O)S1. The lowest BCUT2D eigenvalue weighted by Gasteiger charge is -2.10. The van der Waals surface area contributed by atoms with Crippen LogP contribution in [0.5, 0.6) is 0 Å². The van der Waals surface area contributed by atoms with Crippen molar-refractivity contribution in [1.82, 2.24) is 9.88 Å². The van der Waals surface area contributed by atoms with Gasteiger partial charge in [-0.05, 0) is 35.1 Å². The van der Waals surface area contributed by atoms with Gasteiger partial charge < -0.3 is 9.88 Å². The summed E-state index contributed by atoms with van der Waals surface area (Å²) in [5.74, 6) is 0. The number of aromatic nitrogens is 1. The molecule has 1 atom stereocenters. The number of carbonyl (C=O) groups excluding carboxylic acids is 2. The Morgan fingerprint density at radius 2 is 1.84 bits per heavy atom. The standard InChI is InChI=1S/C20H18N2O2S/c23-19-17(21-20(24)25-19)12-15-6-7-16-9-11-22(18(16)13-15)10-8-14-4-2-1-3-5-14/h1-7,9,11,13,17H,8,10,12H2,(H,21,24). The smallest absolute Gasteiger partial charge is 0.287 e. The van der Waals surface area contributed by atoms with Gasteiger partial charge in [-0.1, -0.05) is 42.5 Å². The third-order valence-corrected chi connectivity index (χ3v) is 5.32. The highest BCUT2D eigenvalue weighted by Gasteiger charge is 2.31. The minimum Gasteiger partial charge on any atom is -0.347 e. The Labute approximate surface area is 150 Å². The first kappa shape index (κ1) is 16.0. The lowest BCUT2D eigenvalue weighted by atomic mass is 10.1. The maximum Gasteiger partial charge on any atom is 0.287 e. The summed E-state index contributed by atoms with van der Waals surface area (Å²) in [5.41, 5.74) is 3.54. The van der Waals surface area contributed by atoms with Crippen molar-refractivity contribution >= 4 is 33.0 Å². The van der Waals surface area contributed by atoms with Gasteiger partial charge in [0.05, 0.1) is 0 Å². The topological polar surface area (TPSA) is 51.1 Å². The molecule has 25 heavy (non-hydrogen) atoms. The van der Waals surface area contributed by atoms with E-state index in [1.807, 2.05) is 12.1 Å². The second-order valence-corrected chi connectivity index (χ2v) is 7.22. The van der Waals surface area contributed by atoms with Crippen molar-refractivity contribution in [2.45, 2.75) is 25.4 Å². The van der Waals surface area contributed by atoms with Crippen LogP contribution in [0.15, 0.2) is 60.8 Å². The molecule has 1 saturated heterocycles. The van der Waals surface area contributed by atoms with Gasteiger partial charge in [0.15, 0.2) is 0 Å². The van der Waals surface area contributed by atoms with Gasteiger partial charge in [-0.3, -0.25) is 9.59 Å². The normalized spacial score (nSPS) is 17.2. The summed E-state index contributed by atoms with van der Waals surface area (Å²) in [6, 6.07) is 18.4. The Morgan fingerprint density at radius 3 is 2.60 bits per heavy atom. The van der Waals surface area contributed by atoms with E-state index in [-0.39, 0.29) is 10.4 Å². The molecule has 126 valence electrons. The van der Waals surface area contributed by atoms with Crippen LogP contribution in [0, 0.1) is 0 Å². The first-order valence-electron chi connectivity index (χ1n) is 8.33. The molecule has 0 radical (unpaired) electrons. The summed E-state index contributed by atoms with van der Waals surface area (Å²) in [6.45, 7) is 0.909. The Morgan fingerprint density at radius 1 is 1.00 bits per heavy atom. The number of amides is 1. The molecule has 0 saturated carbocycles. The summed E-state index contributed by atoms with van der Waals surface area (Å²) in [4.78, 5) is 23.1. The molecule has 2 aromatic carbocycles. The number of nitrogens with zero attached hydrogens (tertiary/aromatic N) is 1. The van der Waals surface area contributed by atoms with Crippen molar-refractivity contribution in [1.29, 1.82) is 0 Å². The molecular weight excluding hydrogens is 332 g/mol. The molecule has 1 N–H and O–H groups in total. The summed E-state index contributed by atoms with van der Waals surface area (Å²) in [7, 11) is 0. The van der Waals surface area contributed by atoms with Crippen LogP contribution in [0.2, 0.25) is 0 Å². The number of rotatable bonds is 5. The summed E-state index contributed by atoms with van der Waals surface area (Å²) in [5, 5.41) is 3.57. The zero-order chi connectivity index (χ0) is 17.2. The molecule has 0 aliphatic carbocycles. The number of fused-ring (bicyclic) bond motifs is 1. The summed E-state index contributed by atoms with van der Waals surface area (Å²) < 4.78 is 2.25. The zero-order valence-corrected chi connectivity index (χ0v) is 14.5. The molecule has 3 aromatic rings. The Hall–Kier alpha value is -2.53. The van der Waals surface area contributed by atoms with Gasteiger partial charge in [-0.25, -0.2) is 0 Å². The second-order valence-electron chi connectivity index (χ2n) is 6.25. The number of hydrogen-bond donors (Lipinski definition) is 1. The van der Waals surface area contributed by atoms with Crippen LogP contribution in [0.4, 0.5) is 4.79 Å². The Balaban J connectivity index is 1.53. The average molecular weight is 350 g/mol. The highest BCUT2D eigenvalue weighted by atomic mass is 32.2. The van der Waals surface area contributed by atoms with Gasteiger partial charge in [-0.2, -0.15) is 0 Å². The molecule has 1 amide bonds. The number of nitrogens with one attached hydrogen (secondary N) is 1. The van der Waals surface area contributed by atoms with E-state index in [9.17, 15) is 9.59 Å². The molecule has 0 bridgehead atoms. The third kappa shape index (κ3) is 3.46. The molecule has 0 spiro atoms. The summed E-state index contributed by atoms with van der Waals surface area (Å²) in [6.07, 6.45) is 3.62. The zero-order valence-electron chi connectivity index (χ0n) is 13.6. The molecule has 1 fully saturated rings. The van der Waals surface area contributed by atoms with Crippen LogP contribution in [-0.2, 0) is 24.2 Å². The van der Waals surface area contributed by atoms with E-state index in [0.29, 0.717) is 6.42 Å². The molecule has 5 heteroatoms. The number of benzene rings is 2. The predicted octanol–water partition coefficient (Wildman–Crippen LogP) is 3.78. The van der Waals surface area contributed by atoms with Crippen molar-refractivity contribution in [2.24, 2.45) is 0 Å². The van der Waals surface area contributed by atoms with Crippen LogP contribution < -0.4 is 5.32 Å². The van der Waals surface area contributed by atoms with Crippen molar-refractivity contribution in [3.05, 3.63) is 71.9 Å².